The average Bonchev–Trinajstić information content (AvgIpc) is 3.04. The van der Waals surface area contributed by atoms with E-state index in [9.17, 15) is 4.79 Å². The highest BCUT2D eigenvalue weighted by Gasteiger charge is 2.25. The predicted octanol–water partition coefficient (Wildman–Crippen LogP) is 4.19. The fraction of sp³-hybridized carbons (Fsp3) is 0.263. The van der Waals surface area contributed by atoms with Crippen LogP contribution in [0.4, 0.5) is 5.69 Å². The predicted molar refractivity (Wildman–Crippen MR) is 97.2 cm³/mol. The molecule has 4 heteroatoms. The molecule has 1 heterocycles. The summed E-state index contributed by atoms with van der Waals surface area (Å²) in [5.74, 6) is 1.08. The van der Waals surface area contributed by atoms with Crippen LogP contribution in [0, 0.1) is 6.92 Å². The van der Waals surface area contributed by atoms with Crippen molar-refractivity contribution in [3.63, 3.8) is 0 Å². The van der Waals surface area contributed by atoms with Crippen LogP contribution in [0.3, 0.4) is 0 Å². The number of thioether (sulfide) groups is 1. The molecule has 2 aromatic rings. The van der Waals surface area contributed by atoms with Crippen molar-refractivity contribution in [3.8, 4) is 0 Å². The maximum atomic E-state index is 12.5. The SMILES string of the molecule is Cc1ccccc1N=C1SCCN1C(=O)CCc1ccccc1. The number of nitrogens with zero attached hydrogens (tertiary/aromatic N) is 2. The van der Waals surface area contributed by atoms with Crippen LogP contribution >= 0.6 is 11.8 Å². The molecule has 0 N–H and O–H groups in total. The average molecular weight is 324 g/mol. The Morgan fingerprint density at radius 2 is 1.87 bits per heavy atom. The lowest BCUT2D eigenvalue weighted by Crippen LogP contribution is -2.31. The van der Waals surface area contributed by atoms with Crippen LogP contribution in [0.25, 0.3) is 0 Å². The van der Waals surface area contributed by atoms with Gasteiger partial charge in [0.25, 0.3) is 0 Å². The van der Waals surface area contributed by atoms with E-state index in [0.717, 1.165) is 35.1 Å². The van der Waals surface area contributed by atoms with Gasteiger partial charge in [-0.1, -0.05) is 60.3 Å². The third-order valence-electron chi connectivity index (χ3n) is 3.88. The lowest BCUT2D eigenvalue weighted by molar-refractivity contribution is -0.126. The molecule has 1 amide bonds. The van der Waals surface area contributed by atoms with Crippen molar-refractivity contribution in [1.82, 2.24) is 4.90 Å². The van der Waals surface area contributed by atoms with Crippen LogP contribution in [0.5, 0.6) is 0 Å². The zero-order valence-electron chi connectivity index (χ0n) is 13.2. The zero-order valence-corrected chi connectivity index (χ0v) is 14.1. The van der Waals surface area contributed by atoms with Gasteiger partial charge in [-0.05, 0) is 30.5 Å². The number of rotatable bonds is 4. The topological polar surface area (TPSA) is 32.7 Å². The molecule has 0 radical (unpaired) electrons. The Morgan fingerprint density at radius 3 is 2.65 bits per heavy atom. The van der Waals surface area contributed by atoms with E-state index in [4.69, 9.17) is 4.99 Å². The first kappa shape index (κ1) is 15.8. The molecule has 1 saturated heterocycles. The summed E-state index contributed by atoms with van der Waals surface area (Å²) >= 11 is 1.66. The molecule has 0 saturated carbocycles. The van der Waals surface area contributed by atoms with Crippen molar-refractivity contribution in [1.29, 1.82) is 0 Å². The summed E-state index contributed by atoms with van der Waals surface area (Å²) in [4.78, 5) is 19.1. The van der Waals surface area contributed by atoms with Gasteiger partial charge < -0.3 is 0 Å². The monoisotopic (exact) mass is 324 g/mol. The summed E-state index contributed by atoms with van der Waals surface area (Å²) in [5.41, 5.74) is 3.27. The molecular formula is C19H20N2OS. The minimum absolute atomic E-state index is 0.159. The number of amides is 1. The van der Waals surface area contributed by atoms with Gasteiger partial charge >= 0.3 is 0 Å². The highest BCUT2D eigenvalue weighted by molar-refractivity contribution is 8.14. The van der Waals surface area contributed by atoms with Crippen LogP contribution < -0.4 is 0 Å². The molecule has 118 valence electrons. The first-order valence-corrected chi connectivity index (χ1v) is 8.84. The number of para-hydroxylation sites is 1. The normalized spacial score (nSPS) is 16.0. The molecule has 0 spiro atoms. The number of aryl methyl sites for hydroxylation is 2. The Hall–Kier alpha value is -2.07. The minimum Gasteiger partial charge on any atom is -0.290 e. The first-order chi connectivity index (χ1) is 11.2. The van der Waals surface area contributed by atoms with Crippen molar-refractivity contribution >= 4 is 28.5 Å². The number of aliphatic imine (C=N–C) groups is 1. The van der Waals surface area contributed by atoms with Crippen molar-refractivity contribution in [2.75, 3.05) is 12.3 Å². The molecule has 0 bridgehead atoms. The maximum absolute atomic E-state index is 12.5. The Morgan fingerprint density at radius 1 is 1.13 bits per heavy atom. The second kappa shape index (κ2) is 7.47. The summed E-state index contributed by atoms with van der Waals surface area (Å²) in [6.45, 7) is 2.80. The summed E-state index contributed by atoms with van der Waals surface area (Å²) in [7, 11) is 0. The molecular weight excluding hydrogens is 304 g/mol. The van der Waals surface area contributed by atoms with Gasteiger partial charge in [-0.25, -0.2) is 4.99 Å². The summed E-state index contributed by atoms with van der Waals surface area (Å²) < 4.78 is 0. The maximum Gasteiger partial charge on any atom is 0.228 e. The largest absolute Gasteiger partial charge is 0.290 e. The second-order valence-corrected chi connectivity index (χ2v) is 6.62. The molecule has 0 unspecified atom stereocenters. The highest BCUT2D eigenvalue weighted by atomic mass is 32.2. The Bertz CT molecular complexity index is 712. The molecule has 3 rings (SSSR count). The summed E-state index contributed by atoms with van der Waals surface area (Å²) in [6.07, 6.45) is 1.30. The standard InChI is InChI=1S/C19H20N2OS/c1-15-7-5-6-10-17(15)20-19-21(13-14-23-19)18(22)12-11-16-8-3-2-4-9-16/h2-10H,11-14H2,1H3. The van der Waals surface area contributed by atoms with Crippen LogP contribution in [0.2, 0.25) is 0 Å². The van der Waals surface area contributed by atoms with Crippen LogP contribution in [0.1, 0.15) is 17.5 Å². The van der Waals surface area contributed by atoms with Crippen LogP contribution in [0.15, 0.2) is 59.6 Å². The van der Waals surface area contributed by atoms with E-state index in [0.29, 0.717) is 6.42 Å². The summed E-state index contributed by atoms with van der Waals surface area (Å²) in [5, 5.41) is 0.831. The smallest absolute Gasteiger partial charge is 0.228 e. The number of benzene rings is 2. The van der Waals surface area contributed by atoms with Crippen molar-refractivity contribution in [2.24, 2.45) is 4.99 Å². The number of carbonyl (C=O) groups excluding carboxylic acids is 1. The van der Waals surface area contributed by atoms with E-state index in [1.54, 1.807) is 11.8 Å². The molecule has 1 aliphatic heterocycles. The highest BCUT2D eigenvalue weighted by Crippen LogP contribution is 2.25. The third-order valence-corrected chi connectivity index (χ3v) is 4.84. The zero-order chi connectivity index (χ0) is 16.1. The quantitative estimate of drug-likeness (QED) is 0.845. The minimum atomic E-state index is 0.159. The fourth-order valence-corrected chi connectivity index (χ4v) is 3.52. The van der Waals surface area contributed by atoms with Gasteiger partial charge in [-0.15, -0.1) is 0 Å². The molecule has 0 atom stereocenters. The van der Waals surface area contributed by atoms with E-state index < -0.39 is 0 Å². The van der Waals surface area contributed by atoms with E-state index in [1.165, 1.54) is 5.56 Å². The van der Waals surface area contributed by atoms with Crippen molar-refractivity contribution in [2.45, 2.75) is 19.8 Å². The molecule has 3 nitrogen and oxygen atoms in total. The molecule has 1 fully saturated rings. The van der Waals surface area contributed by atoms with Gasteiger partial charge in [0.05, 0.1) is 5.69 Å². The van der Waals surface area contributed by atoms with Gasteiger partial charge in [0, 0.05) is 18.7 Å². The number of hydrogen-bond donors (Lipinski definition) is 0. The van der Waals surface area contributed by atoms with Gasteiger partial charge in [-0.2, -0.15) is 0 Å². The summed E-state index contributed by atoms with van der Waals surface area (Å²) in [6, 6.07) is 18.2. The lowest BCUT2D eigenvalue weighted by Gasteiger charge is -2.16. The van der Waals surface area contributed by atoms with E-state index in [-0.39, 0.29) is 5.91 Å². The van der Waals surface area contributed by atoms with Crippen molar-refractivity contribution < 1.29 is 4.79 Å². The Labute approximate surface area is 141 Å². The molecule has 0 aromatic heterocycles. The second-order valence-electron chi connectivity index (χ2n) is 5.56. The first-order valence-electron chi connectivity index (χ1n) is 7.85. The Balaban J connectivity index is 1.69. The van der Waals surface area contributed by atoms with Gasteiger partial charge in [0.1, 0.15) is 0 Å². The Kier molecular flexibility index (Phi) is 5.13. The third kappa shape index (κ3) is 4.02. The molecule has 23 heavy (non-hydrogen) atoms. The van der Waals surface area contributed by atoms with Crippen LogP contribution in [-0.4, -0.2) is 28.3 Å². The molecule has 2 aromatic carbocycles. The fourth-order valence-electron chi connectivity index (χ4n) is 2.55. The van der Waals surface area contributed by atoms with Gasteiger partial charge in [-0.3, -0.25) is 9.69 Å². The van der Waals surface area contributed by atoms with E-state index >= 15 is 0 Å². The molecule has 0 aliphatic carbocycles. The number of carbonyl (C=O) groups is 1. The molecule has 1 aliphatic rings. The lowest BCUT2D eigenvalue weighted by atomic mass is 10.1. The van der Waals surface area contributed by atoms with E-state index in [1.807, 2.05) is 54.3 Å². The number of hydrogen-bond acceptors (Lipinski definition) is 3. The van der Waals surface area contributed by atoms with Crippen molar-refractivity contribution in [3.05, 3.63) is 65.7 Å². The van der Waals surface area contributed by atoms with Crippen LogP contribution in [-0.2, 0) is 11.2 Å². The van der Waals surface area contributed by atoms with Gasteiger partial charge in [0.2, 0.25) is 5.91 Å². The van der Waals surface area contributed by atoms with Gasteiger partial charge in [0.15, 0.2) is 5.17 Å². The number of amidine groups is 1. The van der Waals surface area contributed by atoms with E-state index in [2.05, 4.69) is 12.1 Å².